The van der Waals surface area contributed by atoms with Crippen LogP contribution in [-0.4, -0.2) is 5.11 Å². The van der Waals surface area contributed by atoms with Gasteiger partial charge in [-0.25, -0.2) is 0 Å². The molecule has 1 nitrogen and oxygen atoms in total. The summed E-state index contributed by atoms with van der Waals surface area (Å²) >= 11 is 0. The van der Waals surface area contributed by atoms with Gasteiger partial charge in [0.05, 0.1) is 0 Å². The Labute approximate surface area is 68.7 Å². The lowest BCUT2D eigenvalue weighted by atomic mass is 10.2. The molecular formula is C10H16O. The molecule has 0 aliphatic heterocycles. The average molecular weight is 152 g/mol. The van der Waals surface area contributed by atoms with Crippen LogP contribution in [0.5, 0.6) is 5.75 Å². The molecule has 0 atom stereocenters. The maximum atomic E-state index is 8.81. The van der Waals surface area contributed by atoms with Crippen LogP contribution in [0.15, 0.2) is 24.3 Å². The van der Waals surface area contributed by atoms with Gasteiger partial charge in [-0.3, -0.25) is 0 Å². The summed E-state index contributed by atoms with van der Waals surface area (Å²) in [5.41, 5.74) is 1.09. The molecule has 0 fully saturated rings. The minimum absolute atomic E-state index is 0.338. The average Bonchev–Trinajstić information content (AvgIpc) is 1.88. The maximum absolute atomic E-state index is 8.81. The third-order valence-corrected chi connectivity index (χ3v) is 1.00. The van der Waals surface area contributed by atoms with E-state index in [1.54, 1.807) is 12.1 Å². The summed E-state index contributed by atoms with van der Waals surface area (Å²) in [6.45, 7) is 6.19. The Balaban J connectivity index is 0.000000292. The van der Waals surface area contributed by atoms with E-state index in [0.29, 0.717) is 5.75 Å². The smallest absolute Gasteiger partial charge is 0.115 e. The van der Waals surface area contributed by atoms with Gasteiger partial charge in [-0.05, 0) is 24.6 Å². The number of aromatic hydroxyl groups is 1. The topological polar surface area (TPSA) is 20.2 Å². The second-order valence-corrected chi connectivity index (χ2v) is 2.55. The molecule has 0 heterocycles. The fourth-order valence-corrected chi connectivity index (χ4v) is 0.628. The lowest BCUT2D eigenvalue weighted by Crippen LogP contribution is -1.66. The molecule has 62 valence electrons. The predicted octanol–water partition coefficient (Wildman–Crippen LogP) is 3.12. The molecule has 0 spiro atoms. The number of phenols is 1. The second-order valence-electron chi connectivity index (χ2n) is 2.55. The summed E-state index contributed by atoms with van der Waals surface area (Å²) in [6.07, 6.45) is 1.25. The molecule has 1 rings (SSSR count). The molecule has 1 aromatic rings. The van der Waals surface area contributed by atoms with Gasteiger partial charge in [-0.2, -0.15) is 0 Å². The standard InChI is InChI=1S/C7H8O.C3H8/c1-6-3-2-4-7(8)5-6;1-3-2/h2-5,8H,1H3;3H2,1-2H3. The third kappa shape index (κ3) is 5.46. The van der Waals surface area contributed by atoms with E-state index in [0.717, 1.165) is 5.56 Å². The van der Waals surface area contributed by atoms with E-state index in [2.05, 4.69) is 13.8 Å². The minimum atomic E-state index is 0.338. The Morgan fingerprint density at radius 3 is 2.09 bits per heavy atom. The lowest BCUT2D eigenvalue weighted by Gasteiger charge is -1.89. The highest BCUT2D eigenvalue weighted by molar-refractivity contribution is 5.25. The molecule has 1 aromatic carbocycles. The fraction of sp³-hybridized carbons (Fsp3) is 0.400. The van der Waals surface area contributed by atoms with Crippen LogP contribution in [0.2, 0.25) is 0 Å². The molecule has 0 amide bonds. The summed E-state index contributed by atoms with van der Waals surface area (Å²) < 4.78 is 0. The van der Waals surface area contributed by atoms with Crippen LogP contribution < -0.4 is 0 Å². The van der Waals surface area contributed by atoms with E-state index in [1.807, 2.05) is 19.1 Å². The summed E-state index contributed by atoms with van der Waals surface area (Å²) in [7, 11) is 0. The van der Waals surface area contributed by atoms with Crippen LogP contribution in [0.1, 0.15) is 25.8 Å². The molecule has 1 N–H and O–H groups in total. The summed E-state index contributed by atoms with van der Waals surface area (Å²) in [5.74, 6) is 0.338. The second kappa shape index (κ2) is 5.78. The maximum Gasteiger partial charge on any atom is 0.115 e. The molecular weight excluding hydrogens is 136 g/mol. The molecule has 0 bridgehead atoms. The van der Waals surface area contributed by atoms with Crippen molar-refractivity contribution in [2.24, 2.45) is 0 Å². The Morgan fingerprint density at radius 1 is 1.27 bits per heavy atom. The highest BCUT2D eigenvalue weighted by atomic mass is 16.3. The van der Waals surface area contributed by atoms with Gasteiger partial charge < -0.3 is 5.11 Å². The first-order valence-electron chi connectivity index (χ1n) is 3.96. The zero-order valence-corrected chi connectivity index (χ0v) is 7.46. The molecule has 0 radical (unpaired) electrons. The Hall–Kier alpha value is -0.980. The number of rotatable bonds is 0. The third-order valence-electron chi connectivity index (χ3n) is 1.00. The quantitative estimate of drug-likeness (QED) is 0.605. The van der Waals surface area contributed by atoms with Crippen molar-refractivity contribution < 1.29 is 5.11 Å². The van der Waals surface area contributed by atoms with Crippen molar-refractivity contribution in [3.63, 3.8) is 0 Å². The first-order chi connectivity index (χ1) is 5.20. The van der Waals surface area contributed by atoms with Gasteiger partial charge in [0.1, 0.15) is 5.75 Å². The van der Waals surface area contributed by atoms with Crippen molar-refractivity contribution >= 4 is 0 Å². The van der Waals surface area contributed by atoms with Crippen LogP contribution in [0.3, 0.4) is 0 Å². The number of hydrogen-bond donors (Lipinski definition) is 1. The van der Waals surface area contributed by atoms with E-state index >= 15 is 0 Å². The SMILES string of the molecule is CCC.Cc1cccc(O)c1. The molecule has 0 aliphatic rings. The molecule has 0 aromatic heterocycles. The van der Waals surface area contributed by atoms with Crippen molar-refractivity contribution in [3.05, 3.63) is 29.8 Å². The van der Waals surface area contributed by atoms with Crippen LogP contribution >= 0.6 is 0 Å². The van der Waals surface area contributed by atoms with Crippen molar-refractivity contribution in [3.8, 4) is 5.75 Å². The summed E-state index contributed by atoms with van der Waals surface area (Å²) in [5, 5.41) is 8.81. The number of phenolic OH excluding ortho intramolecular Hbond substituents is 1. The first kappa shape index (κ1) is 10.0. The van der Waals surface area contributed by atoms with Crippen LogP contribution in [0.25, 0.3) is 0 Å². The van der Waals surface area contributed by atoms with E-state index in [4.69, 9.17) is 5.11 Å². The predicted molar refractivity (Wildman–Crippen MR) is 48.8 cm³/mol. The van der Waals surface area contributed by atoms with E-state index in [9.17, 15) is 0 Å². The largest absolute Gasteiger partial charge is 0.508 e. The highest BCUT2D eigenvalue weighted by Gasteiger charge is 1.83. The zero-order valence-electron chi connectivity index (χ0n) is 7.46. The minimum Gasteiger partial charge on any atom is -0.508 e. The van der Waals surface area contributed by atoms with Crippen molar-refractivity contribution in [2.45, 2.75) is 27.2 Å². The van der Waals surface area contributed by atoms with Gasteiger partial charge in [0, 0.05) is 0 Å². The molecule has 0 saturated carbocycles. The van der Waals surface area contributed by atoms with Gasteiger partial charge in [0.25, 0.3) is 0 Å². The molecule has 0 aliphatic carbocycles. The first-order valence-corrected chi connectivity index (χ1v) is 3.96. The van der Waals surface area contributed by atoms with E-state index < -0.39 is 0 Å². The summed E-state index contributed by atoms with van der Waals surface area (Å²) in [4.78, 5) is 0. The summed E-state index contributed by atoms with van der Waals surface area (Å²) in [6, 6.07) is 7.15. The molecule has 0 saturated heterocycles. The van der Waals surface area contributed by atoms with Crippen molar-refractivity contribution in [1.29, 1.82) is 0 Å². The van der Waals surface area contributed by atoms with Crippen LogP contribution in [0.4, 0.5) is 0 Å². The van der Waals surface area contributed by atoms with Gasteiger partial charge in [-0.15, -0.1) is 0 Å². The van der Waals surface area contributed by atoms with Gasteiger partial charge in [0.2, 0.25) is 0 Å². The normalized spacial score (nSPS) is 8.27. The number of benzene rings is 1. The monoisotopic (exact) mass is 152 g/mol. The number of aryl methyl sites for hydroxylation is 1. The lowest BCUT2D eigenvalue weighted by molar-refractivity contribution is 0.475. The van der Waals surface area contributed by atoms with Crippen molar-refractivity contribution in [2.75, 3.05) is 0 Å². The van der Waals surface area contributed by atoms with Gasteiger partial charge >= 0.3 is 0 Å². The zero-order chi connectivity index (χ0) is 8.69. The van der Waals surface area contributed by atoms with Gasteiger partial charge in [-0.1, -0.05) is 32.4 Å². The Bertz CT molecular complexity index is 177. The van der Waals surface area contributed by atoms with Crippen LogP contribution in [-0.2, 0) is 0 Å². The highest BCUT2D eigenvalue weighted by Crippen LogP contribution is 2.08. The van der Waals surface area contributed by atoms with Crippen molar-refractivity contribution in [1.82, 2.24) is 0 Å². The Morgan fingerprint density at radius 2 is 1.82 bits per heavy atom. The Kier molecular flexibility index (Phi) is 5.26. The van der Waals surface area contributed by atoms with E-state index in [1.165, 1.54) is 6.42 Å². The molecule has 11 heavy (non-hydrogen) atoms. The number of hydrogen-bond acceptors (Lipinski definition) is 1. The fourth-order valence-electron chi connectivity index (χ4n) is 0.628. The van der Waals surface area contributed by atoms with E-state index in [-0.39, 0.29) is 0 Å². The molecule has 0 unspecified atom stereocenters. The van der Waals surface area contributed by atoms with Gasteiger partial charge in [0.15, 0.2) is 0 Å². The molecule has 1 heteroatoms. The van der Waals surface area contributed by atoms with Crippen LogP contribution in [0, 0.1) is 6.92 Å².